The van der Waals surface area contributed by atoms with Crippen molar-refractivity contribution in [1.82, 2.24) is 10.3 Å². The van der Waals surface area contributed by atoms with Gasteiger partial charge in [-0.3, -0.25) is 0 Å². The molecular weight excluding hydrogens is 415 g/mol. The van der Waals surface area contributed by atoms with Crippen molar-refractivity contribution >= 4 is 10.9 Å². The third kappa shape index (κ3) is 4.50. The first kappa shape index (κ1) is 21.3. The molecule has 1 fully saturated rings. The Hall–Kier alpha value is -2.51. The Balaban J connectivity index is 1.41. The van der Waals surface area contributed by atoms with E-state index in [-0.39, 0.29) is 23.6 Å². The van der Waals surface area contributed by atoms with Gasteiger partial charge in [-0.1, -0.05) is 30.3 Å². The molecule has 170 valence electrons. The van der Waals surface area contributed by atoms with E-state index in [2.05, 4.69) is 33.2 Å². The van der Waals surface area contributed by atoms with Crippen LogP contribution >= 0.6 is 0 Å². The lowest BCUT2D eigenvalue weighted by Gasteiger charge is -2.37. The molecule has 3 aromatic rings. The number of nitrogens with one attached hydrogen (secondary N) is 2. The number of fused-ring (bicyclic) bond motifs is 3. The van der Waals surface area contributed by atoms with Gasteiger partial charge in [-0.05, 0) is 74.0 Å². The molecule has 0 unspecified atom stereocenters. The third-order valence-corrected chi connectivity index (χ3v) is 6.86. The van der Waals surface area contributed by atoms with E-state index in [1.54, 1.807) is 12.1 Å². The van der Waals surface area contributed by atoms with E-state index in [1.807, 2.05) is 6.07 Å². The number of aromatic amines is 1. The minimum absolute atomic E-state index is 0.0175. The molecule has 0 bridgehead atoms. The maximum Gasteiger partial charge on any atom is 0.573 e. The van der Waals surface area contributed by atoms with Crippen LogP contribution in [0.2, 0.25) is 0 Å². The summed E-state index contributed by atoms with van der Waals surface area (Å²) in [6.07, 6.45) is -0.400. The molecule has 3 atom stereocenters. The number of aromatic nitrogens is 1. The summed E-state index contributed by atoms with van der Waals surface area (Å²) in [7, 11) is 0. The third-order valence-electron chi connectivity index (χ3n) is 6.86. The molecule has 1 heterocycles. The maximum atomic E-state index is 12.5. The number of benzene rings is 2. The quantitative estimate of drug-likeness (QED) is 0.440. The molecule has 5 rings (SSSR count). The Bertz CT molecular complexity index is 1070. The Kier molecular flexibility index (Phi) is 5.63. The molecule has 4 N–H and O–H groups in total. The summed E-state index contributed by atoms with van der Waals surface area (Å²) in [6, 6.07) is 14.3. The Morgan fingerprint density at radius 1 is 1.06 bits per heavy atom. The zero-order chi connectivity index (χ0) is 22.3. The summed E-state index contributed by atoms with van der Waals surface area (Å²) in [4.78, 5) is 3.58. The molecule has 4 nitrogen and oxygen atoms in total. The largest absolute Gasteiger partial charge is 0.573 e. The van der Waals surface area contributed by atoms with Crippen molar-refractivity contribution in [3.05, 3.63) is 65.4 Å². The van der Waals surface area contributed by atoms with Crippen LogP contribution in [0.15, 0.2) is 48.5 Å². The van der Waals surface area contributed by atoms with Gasteiger partial charge in [0.25, 0.3) is 0 Å². The highest BCUT2D eigenvalue weighted by atomic mass is 19.4. The predicted molar refractivity (Wildman–Crippen MR) is 119 cm³/mol. The maximum absolute atomic E-state index is 12.5. The minimum Gasteiger partial charge on any atom is -0.406 e. The van der Waals surface area contributed by atoms with Gasteiger partial charge in [0.1, 0.15) is 5.75 Å². The monoisotopic (exact) mass is 443 g/mol. The lowest BCUT2D eigenvalue weighted by molar-refractivity contribution is -0.274. The molecule has 0 radical (unpaired) electrons. The number of rotatable bonds is 7. The Morgan fingerprint density at radius 2 is 1.81 bits per heavy atom. The van der Waals surface area contributed by atoms with Gasteiger partial charge in [0, 0.05) is 34.5 Å². The number of halogens is 3. The molecule has 32 heavy (non-hydrogen) atoms. The van der Waals surface area contributed by atoms with E-state index in [1.165, 1.54) is 41.6 Å². The van der Waals surface area contributed by atoms with Gasteiger partial charge in [0.05, 0.1) is 0 Å². The van der Waals surface area contributed by atoms with Gasteiger partial charge < -0.3 is 20.8 Å². The molecule has 2 aromatic carbocycles. The summed E-state index contributed by atoms with van der Waals surface area (Å²) >= 11 is 0. The number of ether oxygens (including phenoxy) is 1. The van der Waals surface area contributed by atoms with Gasteiger partial charge in [-0.25, -0.2) is 0 Å². The number of hydrogen-bond acceptors (Lipinski definition) is 3. The molecule has 0 saturated heterocycles. The van der Waals surface area contributed by atoms with Crippen molar-refractivity contribution < 1.29 is 17.9 Å². The number of nitrogens with two attached hydrogens (primary N) is 1. The fourth-order valence-corrected chi connectivity index (χ4v) is 5.11. The highest BCUT2D eigenvalue weighted by Gasteiger charge is 2.37. The molecule has 0 aliphatic heterocycles. The second-order valence-corrected chi connectivity index (χ2v) is 9.11. The number of para-hydroxylation sites is 1. The summed E-state index contributed by atoms with van der Waals surface area (Å²) in [5.74, 6) is 0.795. The van der Waals surface area contributed by atoms with E-state index >= 15 is 0 Å². The van der Waals surface area contributed by atoms with Crippen LogP contribution < -0.4 is 15.8 Å². The van der Waals surface area contributed by atoms with Gasteiger partial charge in [0.15, 0.2) is 0 Å². The molecule has 2 aliphatic carbocycles. The van der Waals surface area contributed by atoms with Crippen molar-refractivity contribution in [1.29, 1.82) is 0 Å². The smallest absolute Gasteiger partial charge is 0.406 e. The molecular formula is C25H28F3N3O. The highest BCUT2D eigenvalue weighted by molar-refractivity contribution is 5.85. The van der Waals surface area contributed by atoms with Gasteiger partial charge in [-0.15, -0.1) is 13.2 Å². The second kappa shape index (κ2) is 8.45. The van der Waals surface area contributed by atoms with E-state index in [0.717, 1.165) is 42.9 Å². The van der Waals surface area contributed by atoms with Crippen LogP contribution in [0.4, 0.5) is 13.2 Å². The highest BCUT2D eigenvalue weighted by Crippen LogP contribution is 2.44. The van der Waals surface area contributed by atoms with Crippen LogP contribution in [0, 0.1) is 5.92 Å². The normalized spacial score (nSPS) is 23.3. The van der Waals surface area contributed by atoms with Crippen LogP contribution in [0.25, 0.3) is 10.9 Å². The second-order valence-electron chi connectivity index (χ2n) is 9.11. The van der Waals surface area contributed by atoms with Crippen molar-refractivity contribution in [2.24, 2.45) is 11.7 Å². The first-order chi connectivity index (χ1) is 15.4. The average molecular weight is 444 g/mol. The molecule has 1 saturated carbocycles. The minimum atomic E-state index is -4.69. The van der Waals surface area contributed by atoms with Gasteiger partial charge in [-0.2, -0.15) is 0 Å². The van der Waals surface area contributed by atoms with Gasteiger partial charge >= 0.3 is 6.36 Å². The van der Waals surface area contributed by atoms with Crippen molar-refractivity contribution in [2.75, 3.05) is 13.1 Å². The van der Waals surface area contributed by atoms with Crippen LogP contribution in [0.5, 0.6) is 5.75 Å². The zero-order valence-electron chi connectivity index (χ0n) is 17.8. The Morgan fingerprint density at radius 3 is 2.53 bits per heavy atom. The lowest BCUT2D eigenvalue weighted by Crippen LogP contribution is -2.41. The van der Waals surface area contributed by atoms with Crippen LogP contribution in [0.1, 0.15) is 47.9 Å². The lowest BCUT2D eigenvalue weighted by atomic mass is 9.71. The van der Waals surface area contributed by atoms with Gasteiger partial charge in [0.2, 0.25) is 0 Å². The van der Waals surface area contributed by atoms with E-state index in [4.69, 9.17) is 5.73 Å². The van der Waals surface area contributed by atoms with Crippen LogP contribution in [-0.2, 0) is 6.42 Å². The van der Waals surface area contributed by atoms with Crippen molar-refractivity contribution in [3.63, 3.8) is 0 Å². The van der Waals surface area contributed by atoms with E-state index in [9.17, 15) is 13.2 Å². The van der Waals surface area contributed by atoms with Crippen molar-refractivity contribution in [3.8, 4) is 5.75 Å². The van der Waals surface area contributed by atoms with E-state index < -0.39 is 6.36 Å². The molecule has 0 amide bonds. The Labute approximate surface area is 185 Å². The van der Waals surface area contributed by atoms with Crippen LogP contribution in [-0.4, -0.2) is 30.5 Å². The average Bonchev–Trinajstić information content (AvgIpc) is 3.50. The van der Waals surface area contributed by atoms with Crippen molar-refractivity contribution in [2.45, 2.75) is 49.9 Å². The van der Waals surface area contributed by atoms with Crippen LogP contribution in [0.3, 0.4) is 0 Å². The standard InChI is InChI=1S/C25H28F3N3O/c26-25(27,28)32-17-9-7-16(8-10-17)20-13-22-23(18-3-1-2-4-21(18)31-22)19(24(20)29)11-12-30-14-15-5-6-15/h1-4,7-10,15,19-20,24,30-31H,5-6,11-14,29H2/t19-,20-,24+/m1/s1. The van der Waals surface area contributed by atoms with E-state index in [0.29, 0.717) is 0 Å². The molecule has 1 aromatic heterocycles. The SMILES string of the molecule is N[C@@H]1[C@@H](c2ccc(OC(F)(F)F)cc2)Cc2[nH]c3ccccc3c2[C@H]1CCNCC1CC1. The number of H-pyrrole nitrogens is 1. The molecule has 0 spiro atoms. The fraction of sp³-hybridized carbons (Fsp3) is 0.440. The first-order valence-electron chi connectivity index (χ1n) is 11.3. The zero-order valence-corrected chi connectivity index (χ0v) is 17.8. The number of alkyl halides is 3. The summed E-state index contributed by atoms with van der Waals surface area (Å²) in [6.45, 7) is 1.96. The summed E-state index contributed by atoms with van der Waals surface area (Å²) < 4.78 is 41.6. The topological polar surface area (TPSA) is 63.1 Å². The number of hydrogen-bond donors (Lipinski definition) is 3. The predicted octanol–water partition coefficient (Wildman–Crippen LogP) is 5.21. The summed E-state index contributed by atoms with van der Waals surface area (Å²) in [5, 5.41) is 4.80. The molecule has 2 aliphatic rings. The first-order valence-corrected chi connectivity index (χ1v) is 11.3. The fourth-order valence-electron chi connectivity index (χ4n) is 5.11. The summed E-state index contributed by atoms with van der Waals surface area (Å²) in [5.41, 5.74) is 11.4. The molecule has 7 heteroatoms.